The molecule has 1 aromatic heterocycles. The Hall–Kier alpha value is -2.30. The smallest absolute Gasteiger partial charge is 0.315 e. The second-order valence-electron chi connectivity index (χ2n) is 6.48. The molecule has 0 saturated heterocycles. The van der Waals surface area contributed by atoms with Crippen LogP contribution in [0.5, 0.6) is 0 Å². The Morgan fingerprint density at radius 3 is 2.62 bits per heavy atom. The fourth-order valence-corrected chi connectivity index (χ4v) is 3.36. The maximum absolute atomic E-state index is 12.0. The second kappa shape index (κ2) is 8.52. The number of benzene rings is 1. The molecule has 1 aromatic carbocycles. The van der Waals surface area contributed by atoms with E-state index in [0.717, 1.165) is 38.5 Å². The minimum Gasteiger partial charge on any atom is -0.338 e. The van der Waals surface area contributed by atoms with E-state index in [4.69, 9.17) is 0 Å². The predicted octanol–water partition coefficient (Wildman–Crippen LogP) is 3.30. The third-order valence-corrected chi connectivity index (χ3v) is 4.70. The van der Waals surface area contributed by atoms with Gasteiger partial charge in [-0.2, -0.15) is 5.10 Å². The Labute approximate surface area is 143 Å². The Morgan fingerprint density at radius 1 is 1.12 bits per heavy atom. The van der Waals surface area contributed by atoms with Gasteiger partial charge in [-0.25, -0.2) is 4.79 Å². The number of nitrogens with zero attached hydrogens (tertiary/aromatic N) is 2. The second-order valence-corrected chi connectivity index (χ2v) is 6.48. The number of hydrogen-bond acceptors (Lipinski definition) is 2. The van der Waals surface area contributed by atoms with Crippen LogP contribution in [-0.4, -0.2) is 28.4 Å². The van der Waals surface area contributed by atoms with Crippen molar-refractivity contribution < 1.29 is 4.79 Å². The summed E-state index contributed by atoms with van der Waals surface area (Å²) >= 11 is 0. The number of urea groups is 1. The summed E-state index contributed by atoms with van der Waals surface area (Å²) < 4.78 is 2.04. The minimum atomic E-state index is -0.0365. The van der Waals surface area contributed by atoms with Gasteiger partial charge >= 0.3 is 6.03 Å². The molecular weight excluding hydrogens is 300 g/mol. The summed E-state index contributed by atoms with van der Waals surface area (Å²) in [6.45, 7) is 0.712. The molecule has 128 valence electrons. The first-order valence-corrected chi connectivity index (χ1v) is 8.88. The van der Waals surface area contributed by atoms with Crippen LogP contribution in [-0.2, 0) is 6.42 Å². The Bertz CT molecular complexity index is 604. The molecule has 1 aliphatic rings. The third-order valence-electron chi connectivity index (χ3n) is 4.70. The predicted molar refractivity (Wildman–Crippen MR) is 94.8 cm³/mol. The molecule has 1 saturated carbocycles. The molecule has 5 heteroatoms. The zero-order valence-corrected chi connectivity index (χ0v) is 14.0. The van der Waals surface area contributed by atoms with Gasteiger partial charge in [-0.1, -0.05) is 30.3 Å². The summed E-state index contributed by atoms with van der Waals surface area (Å²) in [7, 11) is 0. The fraction of sp³-hybridized carbons (Fsp3) is 0.474. The molecule has 2 N–H and O–H groups in total. The highest BCUT2D eigenvalue weighted by atomic mass is 16.2. The highest BCUT2D eigenvalue weighted by Crippen LogP contribution is 2.27. The summed E-state index contributed by atoms with van der Waals surface area (Å²) in [5, 5.41) is 10.4. The van der Waals surface area contributed by atoms with Crippen molar-refractivity contribution in [1.29, 1.82) is 0 Å². The van der Waals surface area contributed by atoms with E-state index in [1.54, 1.807) is 0 Å². The number of carbonyl (C=O) groups is 1. The van der Waals surface area contributed by atoms with Crippen molar-refractivity contribution in [2.24, 2.45) is 0 Å². The van der Waals surface area contributed by atoms with Gasteiger partial charge in [0.1, 0.15) is 0 Å². The first kappa shape index (κ1) is 16.6. The van der Waals surface area contributed by atoms with Gasteiger partial charge in [0.05, 0.1) is 6.04 Å². The lowest BCUT2D eigenvalue weighted by molar-refractivity contribution is 0.225. The van der Waals surface area contributed by atoms with Crippen molar-refractivity contribution in [3.8, 4) is 0 Å². The van der Waals surface area contributed by atoms with Gasteiger partial charge in [0.15, 0.2) is 0 Å². The first-order chi connectivity index (χ1) is 11.8. The molecule has 24 heavy (non-hydrogen) atoms. The van der Waals surface area contributed by atoms with Gasteiger partial charge < -0.3 is 10.6 Å². The molecule has 3 rings (SSSR count). The number of rotatable bonds is 6. The molecule has 1 fully saturated rings. The normalized spacial score (nSPS) is 20.5. The fourth-order valence-electron chi connectivity index (χ4n) is 3.36. The summed E-state index contributed by atoms with van der Waals surface area (Å²) in [5.41, 5.74) is 1.32. The molecule has 1 heterocycles. The van der Waals surface area contributed by atoms with Gasteiger partial charge in [-0.15, -0.1) is 0 Å². The van der Waals surface area contributed by atoms with Gasteiger partial charge in [-0.3, -0.25) is 4.68 Å². The molecule has 0 radical (unpaired) electrons. The molecule has 0 aliphatic heterocycles. The van der Waals surface area contributed by atoms with E-state index in [9.17, 15) is 4.79 Å². The van der Waals surface area contributed by atoms with Crippen LogP contribution in [0.3, 0.4) is 0 Å². The van der Waals surface area contributed by atoms with E-state index in [1.165, 1.54) is 5.56 Å². The molecular formula is C19H26N4O. The van der Waals surface area contributed by atoms with Crippen LogP contribution < -0.4 is 10.6 Å². The van der Waals surface area contributed by atoms with E-state index >= 15 is 0 Å². The van der Waals surface area contributed by atoms with Crippen molar-refractivity contribution in [3.63, 3.8) is 0 Å². The lowest BCUT2D eigenvalue weighted by Crippen LogP contribution is -2.44. The molecule has 0 spiro atoms. The van der Waals surface area contributed by atoms with E-state index in [-0.39, 0.29) is 12.1 Å². The van der Waals surface area contributed by atoms with E-state index in [1.807, 2.05) is 29.2 Å². The van der Waals surface area contributed by atoms with Crippen LogP contribution in [0, 0.1) is 0 Å². The molecule has 5 nitrogen and oxygen atoms in total. The minimum absolute atomic E-state index is 0.0365. The molecule has 0 bridgehead atoms. The zero-order chi connectivity index (χ0) is 16.6. The first-order valence-electron chi connectivity index (χ1n) is 8.88. The quantitative estimate of drug-likeness (QED) is 0.800. The summed E-state index contributed by atoms with van der Waals surface area (Å²) in [6.07, 6.45) is 9.98. The largest absolute Gasteiger partial charge is 0.338 e. The van der Waals surface area contributed by atoms with Crippen molar-refractivity contribution in [2.45, 2.75) is 50.6 Å². The van der Waals surface area contributed by atoms with Crippen molar-refractivity contribution >= 4 is 6.03 Å². The average Bonchev–Trinajstić information content (AvgIpc) is 3.15. The number of hydrogen-bond donors (Lipinski definition) is 2. The number of aromatic nitrogens is 2. The van der Waals surface area contributed by atoms with Crippen molar-refractivity contribution in [2.75, 3.05) is 6.54 Å². The molecule has 2 amide bonds. The monoisotopic (exact) mass is 326 g/mol. The van der Waals surface area contributed by atoms with Crippen molar-refractivity contribution in [3.05, 3.63) is 54.4 Å². The zero-order valence-electron chi connectivity index (χ0n) is 14.0. The van der Waals surface area contributed by atoms with Crippen LogP contribution >= 0.6 is 0 Å². The molecule has 1 aliphatic carbocycles. The highest BCUT2D eigenvalue weighted by molar-refractivity contribution is 5.74. The average molecular weight is 326 g/mol. The number of aryl methyl sites for hydroxylation is 1. The Balaban J connectivity index is 1.30. The third kappa shape index (κ3) is 4.85. The molecule has 0 atom stereocenters. The van der Waals surface area contributed by atoms with Crippen LogP contribution in [0.15, 0.2) is 48.8 Å². The van der Waals surface area contributed by atoms with Crippen LogP contribution in [0.25, 0.3) is 0 Å². The van der Waals surface area contributed by atoms with E-state index in [2.05, 4.69) is 40.0 Å². The molecule has 2 aromatic rings. The van der Waals surface area contributed by atoms with Crippen LogP contribution in [0.2, 0.25) is 0 Å². The summed E-state index contributed by atoms with van der Waals surface area (Å²) in [4.78, 5) is 12.0. The van der Waals surface area contributed by atoms with Gasteiger partial charge in [-0.05, 0) is 50.2 Å². The molecule has 0 unspecified atom stereocenters. The van der Waals surface area contributed by atoms with E-state index < -0.39 is 0 Å². The van der Waals surface area contributed by atoms with Gasteiger partial charge in [0, 0.05) is 25.0 Å². The van der Waals surface area contributed by atoms with E-state index in [0.29, 0.717) is 12.6 Å². The van der Waals surface area contributed by atoms with Crippen LogP contribution in [0.4, 0.5) is 4.79 Å². The Morgan fingerprint density at radius 2 is 1.92 bits per heavy atom. The highest BCUT2D eigenvalue weighted by Gasteiger charge is 2.23. The number of nitrogens with one attached hydrogen (secondary N) is 2. The standard InChI is InChI=1S/C19H26N4O/c24-19(20-13-4-8-16-6-2-1-3-7-16)22-17-9-11-18(12-10-17)23-15-5-14-21-23/h1-3,5-7,14-15,17-18H,4,8-13H2,(H2,20,22,24). The topological polar surface area (TPSA) is 59.0 Å². The lowest BCUT2D eigenvalue weighted by Gasteiger charge is -2.29. The van der Waals surface area contributed by atoms with Crippen LogP contribution in [0.1, 0.15) is 43.7 Å². The summed E-state index contributed by atoms with van der Waals surface area (Å²) in [5.74, 6) is 0. The van der Waals surface area contributed by atoms with Crippen molar-refractivity contribution in [1.82, 2.24) is 20.4 Å². The maximum atomic E-state index is 12.0. The lowest BCUT2D eigenvalue weighted by atomic mass is 9.91. The Kier molecular flexibility index (Phi) is 5.88. The number of amides is 2. The number of carbonyl (C=O) groups excluding carboxylic acids is 1. The summed E-state index contributed by atoms with van der Waals surface area (Å²) in [6, 6.07) is 13.1. The maximum Gasteiger partial charge on any atom is 0.315 e. The van der Waals surface area contributed by atoms with Gasteiger partial charge in [0.2, 0.25) is 0 Å². The SMILES string of the molecule is O=C(NCCCc1ccccc1)NC1CCC(n2cccn2)CC1. The van der Waals surface area contributed by atoms with Gasteiger partial charge in [0.25, 0.3) is 0 Å².